The van der Waals surface area contributed by atoms with Gasteiger partial charge in [-0.25, -0.2) is 9.18 Å². The van der Waals surface area contributed by atoms with Crippen LogP contribution in [-0.2, 0) is 28.6 Å². The van der Waals surface area contributed by atoms with Crippen molar-refractivity contribution in [1.29, 1.82) is 0 Å². The van der Waals surface area contributed by atoms with Crippen LogP contribution in [0.4, 0.5) is 4.39 Å². The van der Waals surface area contributed by atoms with Crippen molar-refractivity contribution in [3.63, 3.8) is 0 Å². The molecule has 0 aromatic heterocycles. The average Bonchev–Trinajstić information content (AvgIpc) is 2.76. The number of ketones is 1. The van der Waals surface area contributed by atoms with Gasteiger partial charge in [-0.3, -0.25) is 9.59 Å². The number of hydrogen-bond donors (Lipinski definition) is 1. The number of dihydropyridines is 1. The highest BCUT2D eigenvalue weighted by atomic mass is 19.1. The zero-order chi connectivity index (χ0) is 23.4. The maximum Gasteiger partial charge on any atom is 0.336 e. The Hall–Kier alpha value is -3.00. The van der Waals surface area contributed by atoms with Gasteiger partial charge in [0.05, 0.1) is 19.3 Å². The maximum absolute atomic E-state index is 13.6. The van der Waals surface area contributed by atoms with Gasteiger partial charge in [-0.15, -0.1) is 0 Å². The fourth-order valence-corrected chi connectivity index (χ4v) is 4.36. The lowest BCUT2D eigenvalue weighted by molar-refractivity contribution is -0.151. The summed E-state index contributed by atoms with van der Waals surface area (Å²) in [7, 11) is 1.24. The molecule has 2 aliphatic rings. The molecule has 1 N–H and O–H groups in total. The number of allylic oxidation sites excluding steroid dienone is 3. The molecule has 0 bridgehead atoms. The number of halogens is 1. The highest BCUT2D eigenvalue weighted by molar-refractivity contribution is 6.12. The van der Waals surface area contributed by atoms with Gasteiger partial charge < -0.3 is 19.5 Å². The molecule has 1 aliphatic heterocycles. The minimum absolute atomic E-state index is 0.0568. The van der Waals surface area contributed by atoms with Gasteiger partial charge in [-0.1, -0.05) is 19.1 Å². The van der Waals surface area contributed by atoms with Gasteiger partial charge in [-0.2, -0.15) is 0 Å². The number of Topliss-reactive ketones (excluding diaryl/α,β-unsaturated/α-hetero) is 1. The van der Waals surface area contributed by atoms with Crippen LogP contribution in [0.25, 0.3) is 0 Å². The average molecular weight is 445 g/mol. The van der Waals surface area contributed by atoms with Gasteiger partial charge in [-0.05, 0) is 43.9 Å². The van der Waals surface area contributed by atoms with E-state index in [-0.39, 0.29) is 24.7 Å². The van der Waals surface area contributed by atoms with E-state index in [0.29, 0.717) is 35.6 Å². The molecule has 0 radical (unpaired) electrons. The molecule has 1 heterocycles. The summed E-state index contributed by atoms with van der Waals surface area (Å²) in [4.78, 5) is 39.0. The number of carbonyl (C=O) groups is 3. The molecule has 7 nitrogen and oxygen atoms in total. The lowest BCUT2D eigenvalue weighted by atomic mass is 9.69. The fourth-order valence-electron chi connectivity index (χ4n) is 4.36. The Kier molecular flexibility index (Phi) is 7.45. The molecule has 172 valence electrons. The third kappa shape index (κ3) is 4.60. The number of rotatable bonds is 7. The summed E-state index contributed by atoms with van der Waals surface area (Å²) >= 11 is 0. The number of methoxy groups -OCH3 is 1. The van der Waals surface area contributed by atoms with Crippen LogP contribution in [0.3, 0.4) is 0 Å². The number of nitrogens with one attached hydrogen (secondary N) is 1. The highest BCUT2D eigenvalue weighted by Crippen LogP contribution is 2.45. The molecule has 0 unspecified atom stereocenters. The van der Waals surface area contributed by atoms with Crippen LogP contribution in [0.1, 0.15) is 38.7 Å². The Morgan fingerprint density at radius 3 is 2.50 bits per heavy atom. The third-order valence-corrected chi connectivity index (χ3v) is 5.83. The van der Waals surface area contributed by atoms with Crippen molar-refractivity contribution in [2.75, 3.05) is 26.9 Å². The lowest BCUT2D eigenvalue weighted by Crippen LogP contribution is -2.43. The van der Waals surface area contributed by atoms with Gasteiger partial charge in [0.15, 0.2) is 5.78 Å². The van der Waals surface area contributed by atoms with E-state index >= 15 is 0 Å². The summed E-state index contributed by atoms with van der Waals surface area (Å²) < 4.78 is 29.1. The van der Waals surface area contributed by atoms with E-state index in [1.54, 1.807) is 6.92 Å². The summed E-state index contributed by atoms with van der Waals surface area (Å²) in [5.41, 5.74) is 2.32. The van der Waals surface area contributed by atoms with E-state index in [9.17, 15) is 18.8 Å². The lowest BCUT2D eigenvalue weighted by Gasteiger charge is -2.38. The fraction of sp³-hybridized carbons (Fsp3) is 0.458. The van der Waals surface area contributed by atoms with Crippen molar-refractivity contribution in [3.8, 4) is 0 Å². The van der Waals surface area contributed by atoms with Crippen molar-refractivity contribution in [3.05, 3.63) is 58.2 Å². The predicted molar refractivity (Wildman–Crippen MR) is 114 cm³/mol. The molecule has 0 spiro atoms. The number of hydrogen-bond acceptors (Lipinski definition) is 7. The number of carbonyl (C=O) groups excluding carboxylic acids is 3. The van der Waals surface area contributed by atoms with E-state index in [1.165, 1.54) is 31.4 Å². The molecule has 3 atom stereocenters. The van der Waals surface area contributed by atoms with Gasteiger partial charge in [0.25, 0.3) is 0 Å². The zero-order valence-corrected chi connectivity index (χ0v) is 18.7. The summed E-state index contributed by atoms with van der Waals surface area (Å²) in [5.74, 6) is -4.09. The van der Waals surface area contributed by atoms with Crippen molar-refractivity contribution in [2.45, 2.75) is 33.1 Å². The van der Waals surface area contributed by atoms with Gasteiger partial charge in [0.1, 0.15) is 18.3 Å². The Balaban J connectivity index is 2.06. The molecule has 0 amide bonds. The number of ether oxygens (including phenoxy) is 3. The molecule has 1 aromatic rings. The van der Waals surface area contributed by atoms with Crippen molar-refractivity contribution >= 4 is 17.7 Å². The molecule has 0 fully saturated rings. The molecule has 32 heavy (non-hydrogen) atoms. The molecule has 3 rings (SSSR count). The monoisotopic (exact) mass is 445 g/mol. The van der Waals surface area contributed by atoms with Gasteiger partial charge in [0.2, 0.25) is 0 Å². The second-order valence-electron chi connectivity index (χ2n) is 7.92. The first-order chi connectivity index (χ1) is 15.3. The molecular formula is C24H28FNO6. The molecule has 1 aliphatic carbocycles. The third-order valence-electron chi connectivity index (χ3n) is 5.83. The summed E-state index contributed by atoms with van der Waals surface area (Å²) in [6, 6.07) is 5.63. The smallest absolute Gasteiger partial charge is 0.336 e. The summed E-state index contributed by atoms with van der Waals surface area (Å²) in [6.07, 6.45) is 0.433. The first kappa shape index (κ1) is 23.7. The van der Waals surface area contributed by atoms with Crippen LogP contribution in [0.15, 0.2) is 46.8 Å². The molecular weight excluding hydrogens is 417 g/mol. The minimum atomic E-state index is -0.975. The van der Waals surface area contributed by atoms with Crippen molar-refractivity contribution in [2.24, 2.45) is 11.8 Å². The highest BCUT2D eigenvalue weighted by Gasteiger charge is 2.47. The van der Waals surface area contributed by atoms with Crippen LogP contribution >= 0.6 is 0 Å². The number of benzene rings is 1. The molecule has 8 heteroatoms. The van der Waals surface area contributed by atoms with E-state index < -0.39 is 35.4 Å². The largest absolute Gasteiger partial charge is 0.468 e. The van der Waals surface area contributed by atoms with E-state index in [2.05, 4.69) is 5.32 Å². The standard InChI is InChI=1S/C24H28FNO6/c1-5-31-10-11-32-24(29)19-14(3)26-17-12-13(2)18(23(28)30-4)22(27)21(17)20(19)15-6-8-16(25)9-7-15/h6-9,13,18,20,26H,5,10-12H2,1-4H3/t13-,18-,20+/m1/s1. The molecule has 1 aromatic carbocycles. The topological polar surface area (TPSA) is 90.9 Å². The van der Waals surface area contributed by atoms with Crippen LogP contribution in [-0.4, -0.2) is 44.7 Å². The Morgan fingerprint density at radius 2 is 1.88 bits per heavy atom. The van der Waals surface area contributed by atoms with Gasteiger partial charge >= 0.3 is 11.9 Å². The van der Waals surface area contributed by atoms with E-state index in [4.69, 9.17) is 14.2 Å². The Labute approximate surface area is 186 Å². The number of esters is 2. The van der Waals surface area contributed by atoms with Crippen LogP contribution in [0.5, 0.6) is 0 Å². The SMILES string of the molecule is CCOCCOC(=O)C1=C(C)NC2=C(C(=O)[C@H](C(=O)OC)[C@H](C)C2)[C@H]1c1ccc(F)cc1. The molecule has 0 saturated carbocycles. The minimum Gasteiger partial charge on any atom is -0.468 e. The summed E-state index contributed by atoms with van der Waals surface area (Å²) in [5, 5.41) is 3.18. The van der Waals surface area contributed by atoms with Crippen molar-refractivity contribution in [1.82, 2.24) is 5.32 Å². The van der Waals surface area contributed by atoms with E-state index in [1.807, 2.05) is 13.8 Å². The predicted octanol–water partition coefficient (Wildman–Crippen LogP) is 3.02. The quantitative estimate of drug-likeness (QED) is 0.392. The maximum atomic E-state index is 13.6. The van der Waals surface area contributed by atoms with Crippen LogP contribution < -0.4 is 5.32 Å². The first-order valence-electron chi connectivity index (χ1n) is 10.6. The van der Waals surface area contributed by atoms with Gasteiger partial charge in [0, 0.05) is 29.5 Å². The Morgan fingerprint density at radius 1 is 1.19 bits per heavy atom. The van der Waals surface area contributed by atoms with Crippen LogP contribution in [0, 0.1) is 17.7 Å². The molecule has 0 saturated heterocycles. The normalized spacial score (nSPS) is 22.9. The van der Waals surface area contributed by atoms with Crippen LogP contribution in [0.2, 0.25) is 0 Å². The second-order valence-corrected chi connectivity index (χ2v) is 7.92. The van der Waals surface area contributed by atoms with Crippen molar-refractivity contribution < 1.29 is 33.0 Å². The van der Waals surface area contributed by atoms with E-state index in [0.717, 1.165) is 0 Å². The zero-order valence-electron chi connectivity index (χ0n) is 18.7. The second kappa shape index (κ2) is 10.1. The summed E-state index contributed by atoms with van der Waals surface area (Å²) in [6.45, 7) is 6.19. The first-order valence-corrected chi connectivity index (χ1v) is 10.6. The Bertz CT molecular complexity index is 965.